The molecule has 0 aliphatic rings. The highest BCUT2D eigenvalue weighted by Gasteiger charge is 2.18. The molecule has 0 heterocycles. The standard InChI is InChI=1S/C13H17FO/c1-10(8-9-15)11-4-6-12(7-5-11)13(2,3)14/h4-7,9-10H,8H2,1-3H3. The lowest BCUT2D eigenvalue weighted by molar-refractivity contribution is -0.108. The van der Waals surface area contributed by atoms with Crippen LogP contribution >= 0.6 is 0 Å². The SMILES string of the molecule is CC(CC=O)c1ccc(C(C)(C)F)cc1. The third-order valence-electron chi connectivity index (χ3n) is 2.62. The molecule has 0 aromatic heterocycles. The number of hydrogen-bond acceptors (Lipinski definition) is 1. The van der Waals surface area contributed by atoms with E-state index in [4.69, 9.17) is 0 Å². The summed E-state index contributed by atoms with van der Waals surface area (Å²) in [5.74, 6) is 0.208. The number of rotatable bonds is 4. The zero-order valence-electron chi connectivity index (χ0n) is 9.46. The molecule has 0 fully saturated rings. The minimum Gasteiger partial charge on any atom is -0.303 e. The molecule has 0 radical (unpaired) electrons. The van der Waals surface area contributed by atoms with Crippen LogP contribution in [0.4, 0.5) is 4.39 Å². The predicted molar refractivity (Wildman–Crippen MR) is 59.7 cm³/mol. The van der Waals surface area contributed by atoms with Crippen LogP contribution in [0.15, 0.2) is 24.3 Å². The van der Waals surface area contributed by atoms with E-state index in [9.17, 15) is 9.18 Å². The molecule has 0 spiro atoms. The summed E-state index contributed by atoms with van der Waals surface area (Å²) in [6.45, 7) is 5.07. The number of benzene rings is 1. The summed E-state index contributed by atoms with van der Waals surface area (Å²) in [5.41, 5.74) is 0.450. The Morgan fingerprint density at radius 2 is 1.87 bits per heavy atom. The second-order valence-electron chi connectivity index (χ2n) is 4.40. The van der Waals surface area contributed by atoms with E-state index in [-0.39, 0.29) is 5.92 Å². The van der Waals surface area contributed by atoms with Gasteiger partial charge in [-0.2, -0.15) is 0 Å². The number of alkyl halides is 1. The van der Waals surface area contributed by atoms with Crippen molar-refractivity contribution in [2.75, 3.05) is 0 Å². The van der Waals surface area contributed by atoms with Gasteiger partial charge < -0.3 is 4.79 Å². The minimum absolute atomic E-state index is 0.208. The molecule has 1 rings (SSSR count). The smallest absolute Gasteiger partial charge is 0.130 e. The molecule has 2 heteroatoms. The van der Waals surface area contributed by atoms with Crippen LogP contribution in [0.2, 0.25) is 0 Å². The molecule has 1 aromatic rings. The molecular weight excluding hydrogens is 191 g/mol. The highest BCUT2D eigenvalue weighted by atomic mass is 19.1. The van der Waals surface area contributed by atoms with E-state index in [2.05, 4.69) is 0 Å². The number of hydrogen-bond donors (Lipinski definition) is 0. The summed E-state index contributed by atoms with van der Waals surface area (Å²) in [7, 11) is 0. The first-order valence-electron chi connectivity index (χ1n) is 5.18. The van der Waals surface area contributed by atoms with Crippen molar-refractivity contribution in [3.8, 4) is 0 Å². The van der Waals surface area contributed by atoms with Crippen LogP contribution in [-0.4, -0.2) is 6.29 Å². The Hall–Kier alpha value is -1.18. The van der Waals surface area contributed by atoms with Crippen LogP contribution in [0.5, 0.6) is 0 Å². The molecule has 0 aliphatic heterocycles. The summed E-state index contributed by atoms with van der Waals surface area (Å²) >= 11 is 0. The summed E-state index contributed by atoms with van der Waals surface area (Å²) in [6, 6.07) is 7.36. The van der Waals surface area contributed by atoms with Crippen molar-refractivity contribution in [2.45, 2.75) is 38.8 Å². The van der Waals surface area contributed by atoms with Crippen LogP contribution in [0.25, 0.3) is 0 Å². The molecule has 15 heavy (non-hydrogen) atoms. The molecule has 0 saturated carbocycles. The third-order valence-corrected chi connectivity index (χ3v) is 2.62. The molecule has 0 aliphatic carbocycles. The van der Waals surface area contributed by atoms with E-state index in [1.165, 1.54) is 13.8 Å². The zero-order chi connectivity index (χ0) is 11.5. The van der Waals surface area contributed by atoms with Crippen molar-refractivity contribution in [2.24, 2.45) is 0 Å². The molecule has 1 nitrogen and oxygen atoms in total. The maximum atomic E-state index is 13.5. The van der Waals surface area contributed by atoms with Crippen LogP contribution < -0.4 is 0 Å². The maximum Gasteiger partial charge on any atom is 0.130 e. The van der Waals surface area contributed by atoms with E-state index in [1.807, 2.05) is 19.1 Å². The van der Waals surface area contributed by atoms with Gasteiger partial charge in [0.25, 0.3) is 0 Å². The van der Waals surface area contributed by atoms with Gasteiger partial charge in [-0.15, -0.1) is 0 Å². The average molecular weight is 208 g/mol. The highest BCUT2D eigenvalue weighted by molar-refractivity contribution is 5.51. The summed E-state index contributed by atoms with van der Waals surface area (Å²) < 4.78 is 13.5. The average Bonchev–Trinajstić information content (AvgIpc) is 2.17. The van der Waals surface area contributed by atoms with E-state index in [0.717, 1.165) is 11.8 Å². The number of aldehydes is 1. The molecule has 0 bridgehead atoms. The number of halogens is 1. The predicted octanol–water partition coefficient (Wildman–Crippen LogP) is 3.58. The Bertz CT molecular complexity index is 321. The van der Waals surface area contributed by atoms with E-state index in [1.54, 1.807) is 12.1 Å². The molecule has 1 unspecified atom stereocenters. The Morgan fingerprint density at radius 1 is 1.33 bits per heavy atom. The lowest BCUT2D eigenvalue weighted by Crippen LogP contribution is -2.08. The third kappa shape index (κ3) is 3.15. The topological polar surface area (TPSA) is 17.1 Å². The van der Waals surface area contributed by atoms with Crippen LogP contribution in [-0.2, 0) is 10.5 Å². The lowest BCUT2D eigenvalue weighted by atomic mass is 9.94. The van der Waals surface area contributed by atoms with E-state index >= 15 is 0 Å². The zero-order valence-corrected chi connectivity index (χ0v) is 9.46. The quantitative estimate of drug-likeness (QED) is 0.691. The fourth-order valence-corrected chi connectivity index (χ4v) is 1.49. The maximum absolute atomic E-state index is 13.5. The summed E-state index contributed by atoms with van der Waals surface area (Å²) in [6.07, 6.45) is 1.43. The fourth-order valence-electron chi connectivity index (χ4n) is 1.49. The van der Waals surface area contributed by atoms with Crippen LogP contribution in [0.3, 0.4) is 0 Å². The Morgan fingerprint density at radius 3 is 2.27 bits per heavy atom. The molecule has 0 saturated heterocycles. The molecular formula is C13H17FO. The summed E-state index contributed by atoms with van der Waals surface area (Å²) in [4.78, 5) is 10.4. The Balaban J connectivity index is 2.85. The first-order valence-corrected chi connectivity index (χ1v) is 5.18. The van der Waals surface area contributed by atoms with Crippen molar-refractivity contribution in [1.29, 1.82) is 0 Å². The Labute approximate surface area is 90.3 Å². The molecule has 82 valence electrons. The van der Waals surface area contributed by atoms with Gasteiger partial charge in [0, 0.05) is 6.42 Å². The second kappa shape index (κ2) is 4.56. The highest BCUT2D eigenvalue weighted by Crippen LogP contribution is 2.26. The second-order valence-corrected chi connectivity index (χ2v) is 4.40. The van der Waals surface area contributed by atoms with E-state index < -0.39 is 5.67 Å². The van der Waals surface area contributed by atoms with Crippen molar-refractivity contribution in [3.05, 3.63) is 35.4 Å². The van der Waals surface area contributed by atoms with Crippen LogP contribution in [0, 0.1) is 0 Å². The minimum atomic E-state index is -1.30. The molecule has 1 atom stereocenters. The molecule has 1 aromatic carbocycles. The van der Waals surface area contributed by atoms with E-state index in [0.29, 0.717) is 12.0 Å². The summed E-state index contributed by atoms with van der Waals surface area (Å²) in [5, 5.41) is 0. The fraction of sp³-hybridized carbons (Fsp3) is 0.462. The normalized spacial score (nSPS) is 13.6. The number of carbonyl (C=O) groups is 1. The lowest BCUT2D eigenvalue weighted by Gasteiger charge is -2.16. The van der Waals surface area contributed by atoms with Gasteiger partial charge in [0.05, 0.1) is 0 Å². The Kier molecular flexibility index (Phi) is 3.61. The van der Waals surface area contributed by atoms with Gasteiger partial charge in [-0.3, -0.25) is 0 Å². The first-order chi connectivity index (χ1) is 6.95. The van der Waals surface area contributed by atoms with Crippen molar-refractivity contribution in [1.82, 2.24) is 0 Å². The van der Waals surface area contributed by atoms with Crippen molar-refractivity contribution < 1.29 is 9.18 Å². The van der Waals surface area contributed by atoms with Crippen molar-refractivity contribution in [3.63, 3.8) is 0 Å². The number of carbonyl (C=O) groups excluding carboxylic acids is 1. The van der Waals surface area contributed by atoms with Crippen molar-refractivity contribution >= 4 is 6.29 Å². The molecule has 0 N–H and O–H groups in total. The molecule has 0 amide bonds. The van der Waals surface area contributed by atoms with Gasteiger partial charge in [-0.1, -0.05) is 31.2 Å². The van der Waals surface area contributed by atoms with Gasteiger partial charge in [0.2, 0.25) is 0 Å². The van der Waals surface area contributed by atoms with Gasteiger partial charge in [-0.05, 0) is 30.9 Å². The van der Waals surface area contributed by atoms with Gasteiger partial charge in [-0.25, -0.2) is 4.39 Å². The van der Waals surface area contributed by atoms with Crippen LogP contribution in [0.1, 0.15) is 44.2 Å². The van der Waals surface area contributed by atoms with Gasteiger partial charge in [0.15, 0.2) is 0 Å². The monoisotopic (exact) mass is 208 g/mol. The largest absolute Gasteiger partial charge is 0.303 e. The van der Waals surface area contributed by atoms with Gasteiger partial charge in [0.1, 0.15) is 12.0 Å². The first kappa shape index (κ1) is 11.9. The van der Waals surface area contributed by atoms with Gasteiger partial charge >= 0.3 is 0 Å².